The van der Waals surface area contributed by atoms with Gasteiger partial charge < -0.3 is 15.2 Å². The first-order chi connectivity index (χ1) is 7.02. The van der Waals surface area contributed by atoms with E-state index in [4.69, 9.17) is 26.8 Å². The molecule has 1 atom stereocenters. The van der Waals surface area contributed by atoms with Crippen LogP contribution in [0.4, 0.5) is 0 Å². The Balaban J connectivity index is 3.42. The maximum atomic E-state index is 6.17. The Bertz CT molecular complexity index is 364. The lowest BCUT2D eigenvalue weighted by Crippen LogP contribution is -2.08. The van der Waals surface area contributed by atoms with Gasteiger partial charge in [0.15, 0.2) is 11.5 Å². The van der Waals surface area contributed by atoms with Crippen LogP contribution in [0.3, 0.4) is 0 Å². The van der Waals surface area contributed by atoms with E-state index in [-0.39, 0.29) is 6.04 Å². The molecule has 3 nitrogen and oxygen atoms in total. The second-order valence-corrected chi connectivity index (χ2v) is 3.81. The SMILES string of the molecule is COc1cc(C(C)N)c(C)c(Cl)c1OC. The second-order valence-electron chi connectivity index (χ2n) is 3.43. The first kappa shape index (κ1) is 12.1. The zero-order chi connectivity index (χ0) is 11.6. The lowest BCUT2D eigenvalue weighted by molar-refractivity contribution is 0.354. The van der Waals surface area contributed by atoms with Crippen LogP contribution in [0.1, 0.15) is 24.1 Å². The van der Waals surface area contributed by atoms with Crippen LogP contribution in [-0.2, 0) is 0 Å². The fourth-order valence-corrected chi connectivity index (χ4v) is 1.81. The standard InChI is InChI=1S/C11H16ClNO2/c1-6-8(7(2)13)5-9(14-3)11(15-4)10(6)12/h5,7H,13H2,1-4H3. The van der Waals surface area contributed by atoms with E-state index in [1.54, 1.807) is 14.2 Å². The minimum Gasteiger partial charge on any atom is -0.493 e. The molecule has 4 heteroatoms. The minimum absolute atomic E-state index is 0.0812. The van der Waals surface area contributed by atoms with E-state index < -0.39 is 0 Å². The summed E-state index contributed by atoms with van der Waals surface area (Å²) in [6.45, 7) is 3.83. The number of hydrogen-bond acceptors (Lipinski definition) is 3. The van der Waals surface area contributed by atoms with Crippen molar-refractivity contribution in [3.05, 3.63) is 22.2 Å². The summed E-state index contributed by atoms with van der Waals surface area (Å²) in [5, 5.41) is 0.559. The molecular weight excluding hydrogens is 214 g/mol. The zero-order valence-corrected chi connectivity index (χ0v) is 10.2. The molecular formula is C11H16ClNO2. The smallest absolute Gasteiger partial charge is 0.179 e. The molecule has 0 amide bonds. The van der Waals surface area contributed by atoms with Gasteiger partial charge in [0.1, 0.15) is 0 Å². The van der Waals surface area contributed by atoms with Gasteiger partial charge in [-0.1, -0.05) is 11.6 Å². The summed E-state index contributed by atoms with van der Waals surface area (Å²) in [6.07, 6.45) is 0. The van der Waals surface area contributed by atoms with Crippen molar-refractivity contribution >= 4 is 11.6 Å². The molecule has 0 aliphatic carbocycles. The van der Waals surface area contributed by atoms with Gasteiger partial charge in [0, 0.05) is 6.04 Å². The van der Waals surface area contributed by atoms with E-state index in [9.17, 15) is 0 Å². The summed E-state index contributed by atoms with van der Waals surface area (Å²) in [7, 11) is 3.14. The van der Waals surface area contributed by atoms with E-state index in [0.717, 1.165) is 11.1 Å². The predicted octanol–water partition coefficient (Wildman–Crippen LogP) is 2.69. The van der Waals surface area contributed by atoms with Crippen molar-refractivity contribution in [1.82, 2.24) is 0 Å². The van der Waals surface area contributed by atoms with Gasteiger partial charge >= 0.3 is 0 Å². The van der Waals surface area contributed by atoms with E-state index in [2.05, 4.69) is 0 Å². The van der Waals surface area contributed by atoms with Crippen LogP contribution in [0.5, 0.6) is 11.5 Å². The van der Waals surface area contributed by atoms with Crippen molar-refractivity contribution in [2.75, 3.05) is 14.2 Å². The van der Waals surface area contributed by atoms with E-state index in [1.165, 1.54) is 0 Å². The third-order valence-electron chi connectivity index (χ3n) is 2.39. The molecule has 0 saturated heterocycles. The Morgan fingerprint density at radius 3 is 2.33 bits per heavy atom. The highest BCUT2D eigenvalue weighted by Crippen LogP contribution is 2.40. The van der Waals surface area contributed by atoms with Crippen LogP contribution >= 0.6 is 11.6 Å². The average Bonchev–Trinajstić information content (AvgIpc) is 2.21. The van der Waals surface area contributed by atoms with Gasteiger partial charge in [-0.3, -0.25) is 0 Å². The number of nitrogens with two attached hydrogens (primary N) is 1. The average molecular weight is 230 g/mol. The highest BCUT2D eigenvalue weighted by molar-refractivity contribution is 6.33. The van der Waals surface area contributed by atoms with E-state index in [0.29, 0.717) is 16.5 Å². The second kappa shape index (κ2) is 4.73. The van der Waals surface area contributed by atoms with Crippen LogP contribution < -0.4 is 15.2 Å². The zero-order valence-electron chi connectivity index (χ0n) is 9.43. The number of halogens is 1. The van der Waals surface area contributed by atoms with Crippen LogP contribution in [0.15, 0.2) is 6.07 Å². The van der Waals surface area contributed by atoms with Gasteiger partial charge in [-0.25, -0.2) is 0 Å². The maximum Gasteiger partial charge on any atom is 0.179 e. The summed E-state index contributed by atoms with van der Waals surface area (Å²) >= 11 is 6.17. The van der Waals surface area contributed by atoms with Gasteiger partial charge in [0.05, 0.1) is 19.2 Å². The molecule has 1 aromatic carbocycles. The van der Waals surface area contributed by atoms with E-state index in [1.807, 2.05) is 19.9 Å². The summed E-state index contributed by atoms with van der Waals surface area (Å²) in [4.78, 5) is 0. The third kappa shape index (κ3) is 2.19. The lowest BCUT2D eigenvalue weighted by Gasteiger charge is -2.17. The van der Waals surface area contributed by atoms with Gasteiger partial charge in [0.25, 0.3) is 0 Å². The highest BCUT2D eigenvalue weighted by Gasteiger charge is 2.16. The van der Waals surface area contributed by atoms with Crippen molar-refractivity contribution in [2.45, 2.75) is 19.9 Å². The summed E-state index contributed by atoms with van der Waals surface area (Å²) < 4.78 is 10.4. The monoisotopic (exact) mass is 229 g/mol. The summed E-state index contributed by atoms with van der Waals surface area (Å²) in [6, 6.07) is 1.78. The Morgan fingerprint density at radius 2 is 1.93 bits per heavy atom. The summed E-state index contributed by atoms with van der Waals surface area (Å²) in [5.74, 6) is 1.17. The number of hydrogen-bond donors (Lipinski definition) is 1. The van der Waals surface area contributed by atoms with Crippen molar-refractivity contribution in [2.24, 2.45) is 5.73 Å². The molecule has 2 N–H and O–H groups in total. The van der Waals surface area contributed by atoms with Gasteiger partial charge in [-0.2, -0.15) is 0 Å². The minimum atomic E-state index is -0.0812. The largest absolute Gasteiger partial charge is 0.493 e. The molecule has 0 aliphatic heterocycles. The van der Waals surface area contributed by atoms with Gasteiger partial charge in [-0.05, 0) is 31.0 Å². The van der Waals surface area contributed by atoms with Crippen molar-refractivity contribution in [3.8, 4) is 11.5 Å². The molecule has 0 heterocycles. The molecule has 15 heavy (non-hydrogen) atoms. The first-order valence-electron chi connectivity index (χ1n) is 4.69. The van der Waals surface area contributed by atoms with E-state index >= 15 is 0 Å². The molecule has 1 rings (SSSR count). The highest BCUT2D eigenvalue weighted by atomic mass is 35.5. The Morgan fingerprint density at radius 1 is 1.33 bits per heavy atom. The van der Waals surface area contributed by atoms with Crippen molar-refractivity contribution < 1.29 is 9.47 Å². The lowest BCUT2D eigenvalue weighted by atomic mass is 10.0. The Labute approximate surface area is 95.1 Å². The molecule has 0 saturated carbocycles. The van der Waals surface area contributed by atoms with Crippen LogP contribution in [0, 0.1) is 6.92 Å². The Hall–Kier alpha value is -0.930. The van der Waals surface area contributed by atoms with Crippen LogP contribution in [-0.4, -0.2) is 14.2 Å². The van der Waals surface area contributed by atoms with Gasteiger partial charge in [0.2, 0.25) is 0 Å². The number of rotatable bonds is 3. The number of benzene rings is 1. The molecule has 0 bridgehead atoms. The molecule has 1 unspecified atom stereocenters. The van der Waals surface area contributed by atoms with Crippen LogP contribution in [0.25, 0.3) is 0 Å². The predicted molar refractivity (Wildman–Crippen MR) is 61.9 cm³/mol. The van der Waals surface area contributed by atoms with Crippen molar-refractivity contribution in [3.63, 3.8) is 0 Å². The van der Waals surface area contributed by atoms with Gasteiger partial charge in [-0.15, -0.1) is 0 Å². The molecule has 0 spiro atoms. The van der Waals surface area contributed by atoms with Crippen LogP contribution in [0.2, 0.25) is 5.02 Å². The molecule has 0 aliphatic rings. The fourth-order valence-electron chi connectivity index (χ4n) is 1.53. The topological polar surface area (TPSA) is 44.5 Å². The fraction of sp³-hybridized carbons (Fsp3) is 0.455. The molecule has 1 aromatic rings. The molecule has 0 aromatic heterocycles. The number of methoxy groups -OCH3 is 2. The van der Waals surface area contributed by atoms with Crippen molar-refractivity contribution in [1.29, 1.82) is 0 Å². The summed E-state index contributed by atoms with van der Waals surface area (Å²) in [5.41, 5.74) is 7.75. The normalized spacial score (nSPS) is 12.4. The maximum absolute atomic E-state index is 6.17. The molecule has 84 valence electrons. The molecule has 0 radical (unpaired) electrons. The number of ether oxygens (including phenoxy) is 2. The first-order valence-corrected chi connectivity index (χ1v) is 5.07. The Kier molecular flexibility index (Phi) is 3.83. The molecule has 0 fully saturated rings. The third-order valence-corrected chi connectivity index (χ3v) is 2.84. The quantitative estimate of drug-likeness (QED) is 0.867.